The number of amides is 2. The minimum atomic E-state index is -0.599. The van der Waals surface area contributed by atoms with Crippen LogP contribution in [0.25, 0.3) is 0 Å². The van der Waals surface area contributed by atoms with Gasteiger partial charge in [-0.15, -0.1) is 0 Å². The lowest BCUT2D eigenvalue weighted by Gasteiger charge is -2.30. The van der Waals surface area contributed by atoms with E-state index in [4.69, 9.17) is 10.5 Å². The van der Waals surface area contributed by atoms with E-state index in [1.165, 1.54) is 0 Å². The van der Waals surface area contributed by atoms with Crippen molar-refractivity contribution in [2.45, 2.75) is 39.2 Å². The second-order valence-electron chi connectivity index (χ2n) is 6.17. The standard InChI is InChI=1S/C18H27N3O3/c1-4-18(5-2,12-19)17(23)20-13-10-11-21(16(13)22)14-8-6-7-9-15(14)24-3/h6-9,13H,4-5,10-12,19H2,1-3H3,(H,20,23). The van der Waals surface area contributed by atoms with Crippen molar-refractivity contribution in [1.82, 2.24) is 5.32 Å². The van der Waals surface area contributed by atoms with Crippen LogP contribution in [0.5, 0.6) is 5.75 Å². The highest BCUT2D eigenvalue weighted by atomic mass is 16.5. The van der Waals surface area contributed by atoms with Gasteiger partial charge in [0, 0.05) is 13.1 Å². The van der Waals surface area contributed by atoms with Crippen LogP contribution in [0.2, 0.25) is 0 Å². The predicted octanol–water partition coefficient (Wildman–Crippen LogP) is 1.68. The van der Waals surface area contributed by atoms with Gasteiger partial charge in [0.1, 0.15) is 11.8 Å². The molecule has 0 spiro atoms. The van der Waals surface area contributed by atoms with Crippen LogP contribution in [0.15, 0.2) is 24.3 Å². The summed E-state index contributed by atoms with van der Waals surface area (Å²) in [5, 5.41) is 2.91. The number of hydrogen-bond donors (Lipinski definition) is 2. The molecular weight excluding hydrogens is 306 g/mol. The van der Waals surface area contributed by atoms with Crippen molar-refractivity contribution in [1.29, 1.82) is 0 Å². The van der Waals surface area contributed by atoms with Crippen LogP contribution in [0, 0.1) is 5.41 Å². The lowest BCUT2D eigenvalue weighted by Crippen LogP contribution is -2.51. The SMILES string of the molecule is CCC(CC)(CN)C(=O)NC1CCN(c2ccccc2OC)C1=O. The maximum absolute atomic E-state index is 12.7. The van der Waals surface area contributed by atoms with Crippen molar-refractivity contribution in [3.8, 4) is 5.75 Å². The summed E-state index contributed by atoms with van der Waals surface area (Å²) >= 11 is 0. The average Bonchev–Trinajstić information content (AvgIpc) is 2.97. The molecule has 132 valence electrons. The summed E-state index contributed by atoms with van der Waals surface area (Å²) in [4.78, 5) is 27.0. The summed E-state index contributed by atoms with van der Waals surface area (Å²) < 4.78 is 5.33. The molecule has 0 bridgehead atoms. The summed E-state index contributed by atoms with van der Waals surface area (Å²) in [5.41, 5.74) is 5.96. The third kappa shape index (κ3) is 3.24. The highest BCUT2D eigenvalue weighted by Gasteiger charge is 2.39. The number of hydrogen-bond acceptors (Lipinski definition) is 4. The van der Waals surface area contributed by atoms with E-state index in [0.717, 1.165) is 5.69 Å². The largest absolute Gasteiger partial charge is 0.495 e. The molecule has 6 nitrogen and oxygen atoms in total. The van der Waals surface area contributed by atoms with Gasteiger partial charge in [-0.05, 0) is 31.4 Å². The number of rotatable bonds is 7. The Hall–Kier alpha value is -2.08. The molecule has 3 N–H and O–H groups in total. The molecule has 24 heavy (non-hydrogen) atoms. The zero-order valence-corrected chi connectivity index (χ0v) is 14.7. The molecule has 0 aliphatic carbocycles. The van der Waals surface area contributed by atoms with E-state index in [-0.39, 0.29) is 18.4 Å². The molecule has 1 heterocycles. The Morgan fingerprint density at radius 2 is 2.04 bits per heavy atom. The number of nitrogens with zero attached hydrogens (tertiary/aromatic N) is 1. The second kappa shape index (κ2) is 7.66. The van der Waals surface area contributed by atoms with Crippen molar-refractivity contribution >= 4 is 17.5 Å². The fourth-order valence-electron chi connectivity index (χ4n) is 3.17. The smallest absolute Gasteiger partial charge is 0.249 e. The first-order valence-electron chi connectivity index (χ1n) is 8.48. The van der Waals surface area contributed by atoms with Crippen LogP contribution in [0.3, 0.4) is 0 Å². The number of para-hydroxylation sites is 2. The molecule has 1 aromatic carbocycles. The summed E-state index contributed by atoms with van der Waals surface area (Å²) in [6.45, 7) is 4.74. The van der Waals surface area contributed by atoms with Gasteiger partial charge in [0.2, 0.25) is 11.8 Å². The number of carbonyl (C=O) groups excluding carboxylic acids is 2. The fraction of sp³-hybridized carbons (Fsp3) is 0.556. The summed E-state index contributed by atoms with van der Waals surface area (Å²) in [6.07, 6.45) is 1.89. The Morgan fingerprint density at radius 1 is 1.38 bits per heavy atom. The molecule has 1 atom stereocenters. The molecule has 1 saturated heterocycles. The van der Waals surface area contributed by atoms with E-state index in [1.54, 1.807) is 12.0 Å². The fourth-order valence-corrected chi connectivity index (χ4v) is 3.17. The Kier molecular flexibility index (Phi) is 5.83. The quantitative estimate of drug-likeness (QED) is 0.795. The van der Waals surface area contributed by atoms with Gasteiger partial charge < -0.3 is 20.7 Å². The minimum Gasteiger partial charge on any atom is -0.495 e. The van der Waals surface area contributed by atoms with E-state index >= 15 is 0 Å². The van der Waals surface area contributed by atoms with Gasteiger partial charge in [0.25, 0.3) is 0 Å². The first-order valence-corrected chi connectivity index (χ1v) is 8.48. The molecule has 0 saturated carbocycles. The molecular formula is C18H27N3O3. The van der Waals surface area contributed by atoms with Crippen LogP contribution in [0.1, 0.15) is 33.1 Å². The van der Waals surface area contributed by atoms with Gasteiger partial charge in [-0.2, -0.15) is 0 Å². The van der Waals surface area contributed by atoms with Crippen LogP contribution in [-0.4, -0.2) is 38.1 Å². The lowest BCUT2D eigenvalue weighted by atomic mass is 9.81. The Morgan fingerprint density at radius 3 is 2.62 bits per heavy atom. The first kappa shape index (κ1) is 18.3. The Balaban J connectivity index is 2.13. The predicted molar refractivity (Wildman–Crippen MR) is 94.0 cm³/mol. The van der Waals surface area contributed by atoms with Crippen molar-refractivity contribution in [3.63, 3.8) is 0 Å². The highest BCUT2D eigenvalue weighted by Crippen LogP contribution is 2.32. The maximum atomic E-state index is 12.7. The third-order valence-corrected chi connectivity index (χ3v) is 5.11. The third-order valence-electron chi connectivity index (χ3n) is 5.11. The summed E-state index contributed by atoms with van der Waals surface area (Å²) in [7, 11) is 1.58. The van der Waals surface area contributed by atoms with E-state index < -0.39 is 11.5 Å². The van der Waals surface area contributed by atoms with Gasteiger partial charge in [-0.3, -0.25) is 9.59 Å². The maximum Gasteiger partial charge on any atom is 0.249 e. The number of nitrogens with one attached hydrogen (secondary N) is 1. The number of benzene rings is 1. The van der Waals surface area contributed by atoms with Gasteiger partial charge >= 0.3 is 0 Å². The number of ether oxygens (including phenoxy) is 1. The van der Waals surface area contributed by atoms with Crippen molar-refractivity contribution < 1.29 is 14.3 Å². The summed E-state index contributed by atoms with van der Waals surface area (Å²) in [5.74, 6) is 0.414. The van der Waals surface area contributed by atoms with Crippen molar-refractivity contribution in [2.75, 3.05) is 25.1 Å². The van der Waals surface area contributed by atoms with Crippen LogP contribution >= 0.6 is 0 Å². The molecule has 0 radical (unpaired) electrons. The zero-order chi connectivity index (χ0) is 17.7. The molecule has 1 unspecified atom stereocenters. The van der Waals surface area contributed by atoms with E-state index in [1.807, 2.05) is 38.1 Å². The zero-order valence-electron chi connectivity index (χ0n) is 14.7. The van der Waals surface area contributed by atoms with Crippen LogP contribution in [-0.2, 0) is 9.59 Å². The van der Waals surface area contributed by atoms with E-state index in [2.05, 4.69) is 5.32 Å². The molecule has 2 rings (SSSR count). The second-order valence-corrected chi connectivity index (χ2v) is 6.17. The number of nitrogens with two attached hydrogens (primary N) is 1. The van der Waals surface area contributed by atoms with E-state index in [9.17, 15) is 9.59 Å². The van der Waals surface area contributed by atoms with Crippen LogP contribution < -0.4 is 20.7 Å². The van der Waals surface area contributed by atoms with Gasteiger partial charge in [-0.25, -0.2) is 0 Å². The molecule has 1 aliphatic rings. The molecule has 1 aromatic rings. The molecule has 2 amide bonds. The molecule has 1 aliphatic heterocycles. The molecule has 0 aromatic heterocycles. The topological polar surface area (TPSA) is 84.7 Å². The number of anilines is 1. The van der Waals surface area contributed by atoms with Gasteiger partial charge in [0.05, 0.1) is 18.2 Å². The minimum absolute atomic E-state index is 0.106. The van der Waals surface area contributed by atoms with Crippen molar-refractivity contribution in [3.05, 3.63) is 24.3 Å². The van der Waals surface area contributed by atoms with Crippen LogP contribution in [0.4, 0.5) is 5.69 Å². The van der Waals surface area contributed by atoms with Gasteiger partial charge in [0.15, 0.2) is 0 Å². The highest BCUT2D eigenvalue weighted by molar-refractivity contribution is 6.02. The van der Waals surface area contributed by atoms with Gasteiger partial charge in [-0.1, -0.05) is 26.0 Å². The Bertz CT molecular complexity index is 591. The Labute approximate surface area is 143 Å². The van der Waals surface area contributed by atoms with E-state index in [0.29, 0.717) is 31.6 Å². The first-order chi connectivity index (χ1) is 11.5. The molecule has 6 heteroatoms. The normalized spacial score (nSPS) is 17.9. The monoisotopic (exact) mass is 333 g/mol. The average molecular weight is 333 g/mol. The summed E-state index contributed by atoms with van der Waals surface area (Å²) in [6, 6.07) is 6.89. The molecule has 1 fully saturated rings. The number of methoxy groups -OCH3 is 1. The lowest BCUT2D eigenvalue weighted by molar-refractivity contribution is -0.134. The van der Waals surface area contributed by atoms with Crippen molar-refractivity contribution in [2.24, 2.45) is 11.1 Å². The number of carbonyl (C=O) groups is 2.